The van der Waals surface area contributed by atoms with Crippen LogP contribution in [-0.4, -0.2) is 36.6 Å². The molecule has 0 spiro atoms. The molecule has 0 saturated carbocycles. The van der Waals surface area contributed by atoms with Gasteiger partial charge in [0.2, 0.25) is 12.7 Å². The first-order valence-electron chi connectivity index (χ1n) is 7.96. The lowest BCUT2D eigenvalue weighted by atomic mass is 9.97. The lowest BCUT2D eigenvalue weighted by Crippen LogP contribution is -2.54. The number of fused-ring (bicyclic) bond motifs is 1. The first kappa shape index (κ1) is 17.0. The van der Waals surface area contributed by atoms with E-state index >= 15 is 0 Å². The minimum absolute atomic E-state index is 0.145. The van der Waals surface area contributed by atoms with E-state index in [-0.39, 0.29) is 24.5 Å². The lowest BCUT2D eigenvalue weighted by Gasteiger charge is -2.38. The molecule has 0 aromatic heterocycles. The highest BCUT2D eigenvalue weighted by Gasteiger charge is 2.36. The summed E-state index contributed by atoms with van der Waals surface area (Å²) in [5.41, 5.74) is 0.968. The molecular weight excluding hydrogens is 379 g/mol. The Morgan fingerprint density at radius 1 is 1.04 bits per heavy atom. The average Bonchev–Trinajstić information content (AvgIpc) is 3.04. The standard InChI is InChI=1S/C18H14Cl2N2O4/c19-12-2-3-13(20)14(6-12)21-17(23)11-7-22(8-11)18(24)10-1-4-15-16(5-10)26-9-25-15/h1-6,11H,7-9H2,(H,21,23). The molecule has 2 aromatic rings. The Morgan fingerprint density at radius 3 is 2.62 bits per heavy atom. The SMILES string of the molecule is O=C(Nc1cc(Cl)ccc1Cl)C1CN(C(=O)c2ccc3c(c2)OCO3)C1. The van der Waals surface area contributed by atoms with Crippen molar-refractivity contribution in [3.63, 3.8) is 0 Å². The van der Waals surface area contributed by atoms with Gasteiger partial charge in [0.1, 0.15) is 0 Å². The van der Waals surface area contributed by atoms with Gasteiger partial charge < -0.3 is 19.7 Å². The summed E-state index contributed by atoms with van der Waals surface area (Å²) in [4.78, 5) is 26.5. The molecule has 8 heteroatoms. The molecule has 2 amide bonds. The first-order valence-corrected chi connectivity index (χ1v) is 8.72. The zero-order chi connectivity index (χ0) is 18.3. The van der Waals surface area contributed by atoms with Crippen molar-refractivity contribution in [2.24, 2.45) is 5.92 Å². The Bertz CT molecular complexity index is 897. The quantitative estimate of drug-likeness (QED) is 0.868. The Balaban J connectivity index is 1.36. The van der Waals surface area contributed by atoms with E-state index in [9.17, 15) is 9.59 Å². The highest BCUT2D eigenvalue weighted by Crippen LogP contribution is 2.33. The molecule has 0 atom stereocenters. The number of rotatable bonds is 3. The maximum absolute atomic E-state index is 12.5. The maximum atomic E-state index is 12.5. The van der Waals surface area contributed by atoms with E-state index in [4.69, 9.17) is 32.7 Å². The summed E-state index contributed by atoms with van der Waals surface area (Å²) in [6.45, 7) is 0.847. The van der Waals surface area contributed by atoms with Crippen LogP contribution in [0, 0.1) is 5.92 Å². The van der Waals surface area contributed by atoms with E-state index in [1.165, 1.54) is 0 Å². The number of nitrogens with one attached hydrogen (secondary N) is 1. The Kier molecular flexibility index (Phi) is 4.38. The molecule has 0 radical (unpaired) electrons. The van der Waals surface area contributed by atoms with Gasteiger partial charge in [-0.25, -0.2) is 0 Å². The molecule has 2 heterocycles. The molecule has 1 N–H and O–H groups in total. The van der Waals surface area contributed by atoms with Crippen molar-refractivity contribution in [3.8, 4) is 11.5 Å². The zero-order valence-corrected chi connectivity index (χ0v) is 15.0. The summed E-state index contributed by atoms with van der Waals surface area (Å²) in [7, 11) is 0. The molecule has 6 nitrogen and oxygen atoms in total. The second kappa shape index (κ2) is 6.70. The number of hydrogen-bond donors (Lipinski definition) is 1. The van der Waals surface area contributed by atoms with Crippen LogP contribution in [0.5, 0.6) is 11.5 Å². The first-order chi connectivity index (χ1) is 12.5. The van der Waals surface area contributed by atoms with E-state index in [0.717, 1.165) is 0 Å². The number of hydrogen-bond acceptors (Lipinski definition) is 4. The lowest BCUT2D eigenvalue weighted by molar-refractivity contribution is -0.123. The number of benzene rings is 2. The van der Waals surface area contributed by atoms with Crippen LogP contribution in [0.4, 0.5) is 5.69 Å². The van der Waals surface area contributed by atoms with Crippen LogP contribution in [0.1, 0.15) is 10.4 Å². The van der Waals surface area contributed by atoms with Gasteiger partial charge in [0.15, 0.2) is 11.5 Å². The van der Waals surface area contributed by atoms with Crippen molar-refractivity contribution in [2.45, 2.75) is 0 Å². The van der Waals surface area contributed by atoms with Crippen molar-refractivity contribution in [1.29, 1.82) is 0 Å². The van der Waals surface area contributed by atoms with E-state index in [2.05, 4.69) is 5.32 Å². The number of ether oxygens (including phenoxy) is 2. The molecule has 0 unspecified atom stereocenters. The van der Waals surface area contributed by atoms with Crippen molar-refractivity contribution in [3.05, 3.63) is 52.0 Å². The van der Waals surface area contributed by atoms with Crippen molar-refractivity contribution in [1.82, 2.24) is 4.90 Å². The normalized spacial score (nSPS) is 15.5. The van der Waals surface area contributed by atoms with Crippen molar-refractivity contribution in [2.75, 3.05) is 25.2 Å². The molecule has 0 aliphatic carbocycles. The van der Waals surface area contributed by atoms with Crippen LogP contribution >= 0.6 is 23.2 Å². The summed E-state index contributed by atoms with van der Waals surface area (Å²) in [6.07, 6.45) is 0. The van der Waals surface area contributed by atoms with Crippen LogP contribution in [0.2, 0.25) is 10.0 Å². The van der Waals surface area contributed by atoms with Crippen molar-refractivity contribution >= 4 is 40.7 Å². The second-order valence-corrected chi connectivity index (χ2v) is 6.93. The van der Waals surface area contributed by atoms with Crippen LogP contribution in [0.15, 0.2) is 36.4 Å². The number of likely N-dealkylation sites (tertiary alicyclic amines) is 1. The summed E-state index contributed by atoms with van der Waals surface area (Å²) in [5.74, 6) is 0.558. The molecule has 26 heavy (non-hydrogen) atoms. The highest BCUT2D eigenvalue weighted by atomic mass is 35.5. The van der Waals surface area contributed by atoms with E-state index in [0.29, 0.717) is 45.9 Å². The smallest absolute Gasteiger partial charge is 0.254 e. The molecule has 2 aliphatic heterocycles. The predicted molar refractivity (Wildman–Crippen MR) is 97.1 cm³/mol. The Morgan fingerprint density at radius 2 is 1.81 bits per heavy atom. The third-order valence-electron chi connectivity index (χ3n) is 4.35. The summed E-state index contributed by atoms with van der Waals surface area (Å²) in [6, 6.07) is 9.92. The second-order valence-electron chi connectivity index (χ2n) is 6.09. The maximum Gasteiger partial charge on any atom is 0.254 e. The molecule has 1 fully saturated rings. The summed E-state index contributed by atoms with van der Waals surface area (Å²) >= 11 is 12.0. The summed E-state index contributed by atoms with van der Waals surface area (Å²) in [5, 5.41) is 3.65. The van der Waals surface area contributed by atoms with Crippen LogP contribution in [0.25, 0.3) is 0 Å². The fourth-order valence-electron chi connectivity index (χ4n) is 2.85. The van der Waals surface area contributed by atoms with Crippen LogP contribution in [0.3, 0.4) is 0 Å². The number of halogens is 2. The Hall–Kier alpha value is -2.44. The summed E-state index contributed by atoms with van der Waals surface area (Å²) < 4.78 is 10.5. The third kappa shape index (κ3) is 3.18. The van der Waals surface area contributed by atoms with E-state index in [1.807, 2.05) is 0 Å². The van der Waals surface area contributed by atoms with Crippen molar-refractivity contribution < 1.29 is 19.1 Å². The topological polar surface area (TPSA) is 67.9 Å². The van der Waals surface area contributed by atoms with E-state index < -0.39 is 0 Å². The fourth-order valence-corrected chi connectivity index (χ4v) is 3.19. The molecular formula is C18H14Cl2N2O4. The van der Waals surface area contributed by atoms with Gasteiger partial charge in [0.05, 0.1) is 16.6 Å². The average molecular weight is 393 g/mol. The predicted octanol–water partition coefficient (Wildman–Crippen LogP) is 3.43. The van der Waals surface area contributed by atoms with Gasteiger partial charge in [-0.2, -0.15) is 0 Å². The number of amides is 2. The minimum Gasteiger partial charge on any atom is -0.454 e. The molecule has 2 aromatic carbocycles. The van der Waals surface area contributed by atoms with Gasteiger partial charge in [-0.1, -0.05) is 23.2 Å². The molecule has 0 bridgehead atoms. The zero-order valence-electron chi connectivity index (χ0n) is 13.5. The van der Waals surface area contributed by atoms with Crippen LogP contribution in [-0.2, 0) is 4.79 Å². The molecule has 4 rings (SSSR count). The number of nitrogens with zero attached hydrogens (tertiary/aromatic N) is 1. The molecule has 1 saturated heterocycles. The fraction of sp³-hybridized carbons (Fsp3) is 0.222. The van der Waals surface area contributed by atoms with Gasteiger partial charge in [0.25, 0.3) is 5.91 Å². The number of anilines is 1. The monoisotopic (exact) mass is 392 g/mol. The number of carbonyl (C=O) groups excluding carboxylic acids is 2. The molecule has 2 aliphatic rings. The third-order valence-corrected chi connectivity index (χ3v) is 4.91. The van der Waals surface area contributed by atoms with Gasteiger partial charge >= 0.3 is 0 Å². The minimum atomic E-state index is -0.289. The highest BCUT2D eigenvalue weighted by molar-refractivity contribution is 6.35. The van der Waals surface area contributed by atoms with Gasteiger partial charge in [-0.3, -0.25) is 9.59 Å². The van der Waals surface area contributed by atoms with Crippen LogP contribution < -0.4 is 14.8 Å². The largest absolute Gasteiger partial charge is 0.454 e. The van der Waals surface area contributed by atoms with E-state index in [1.54, 1.807) is 41.3 Å². The number of carbonyl (C=O) groups is 2. The van der Waals surface area contributed by atoms with Gasteiger partial charge in [-0.05, 0) is 36.4 Å². The molecule has 134 valence electrons. The Labute approximate surface area is 159 Å². The van der Waals surface area contributed by atoms with Gasteiger partial charge in [-0.15, -0.1) is 0 Å². The van der Waals surface area contributed by atoms with Gasteiger partial charge in [0, 0.05) is 23.7 Å².